The van der Waals surface area contributed by atoms with E-state index in [1.807, 2.05) is 0 Å². The minimum absolute atomic E-state index is 0.0267. The van der Waals surface area contributed by atoms with E-state index < -0.39 is 11.7 Å². The average Bonchev–Trinajstić information content (AvgIpc) is 3.28. The zero-order chi connectivity index (χ0) is 14.5. The lowest BCUT2D eigenvalue weighted by atomic mass is 10.2. The standard InChI is InChI=1S/C14H21FN4O/c1-3-19(10-4-5-10)9-8-18-14(20)11-6-7-17-13(16-2)12(11)15/h6-7,10H,3-5,8-9H2,1-2H3,(H,16,17)(H,18,20). The van der Waals surface area contributed by atoms with Gasteiger partial charge in [-0.2, -0.15) is 0 Å². The third-order valence-corrected chi connectivity index (χ3v) is 3.52. The fraction of sp³-hybridized carbons (Fsp3) is 0.571. The second kappa shape index (κ2) is 6.65. The number of nitrogens with zero attached hydrogens (tertiary/aromatic N) is 2. The van der Waals surface area contributed by atoms with Crippen LogP contribution >= 0.6 is 0 Å². The van der Waals surface area contributed by atoms with Gasteiger partial charge in [-0.15, -0.1) is 0 Å². The number of halogens is 1. The van der Waals surface area contributed by atoms with Crippen molar-refractivity contribution < 1.29 is 9.18 Å². The van der Waals surface area contributed by atoms with Crippen LogP contribution in [0, 0.1) is 5.82 Å². The van der Waals surface area contributed by atoms with Crippen molar-refractivity contribution in [2.24, 2.45) is 0 Å². The third kappa shape index (κ3) is 3.45. The molecule has 6 heteroatoms. The summed E-state index contributed by atoms with van der Waals surface area (Å²) in [7, 11) is 1.57. The number of hydrogen-bond donors (Lipinski definition) is 2. The highest BCUT2D eigenvalue weighted by molar-refractivity contribution is 5.95. The summed E-state index contributed by atoms with van der Waals surface area (Å²) in [5.74, 6) is -0.916. The minimum Gasteiger partial charge on any atom is -0.371 e. The van der Waals surface area contributed by atoms with Crippen LogP contribution < -0.4 is 10.6 Å². The molecule has 1 aliphatic rings. The fourth-order valence-electron chi connectivity index (χ4n) is 2.24. The number of likely N-dealkylation sites (N-methyl/N-ethyl adjacent to an activating group) is 1. The molecule has 1 amide bonds. The molecule has 2 N–H and O–H groups in total. The third-order valence-electron chi connectivity index (χ3n) is 3.52. The molecule has 110 valence electrons. The predicted octanol–water partition coefficient (Wildman–Crippen LogP) is 1.48. The lowest BCUT2D eigenvalue weighted by Crippen LogP contribution is -2.36. The first-order chi connectivity index (χ1) is 9.67. The maximum absolute atomic E-state index is 13.9. The molecular weight excluding hydrogens is 259 g/mol. The Balaban J connectivity index is 1.88. The highest BCUT2D eigenvalue weighted by Crippen LogP contribution is 2.25. The summed E-state index contributed by atoms with van der Waals surface area (Å²) in [4.78, 5) is 18.1. The van der Waals surface area contributed by atoms with Crippen molar-refractivity contribution in [1.29, 1.82) is 0 Å². The number of hydrogen-bond acceptors (Lipinski definition) is 4. The van der Waals surface area contributed by atoms with E-state index in [9.17, 15) is 9.18 Å². The van der Waals surface area contributed by atoms with Crippen LogP contribution in [0.3, 0.4) is 0 Å². The van der Waals surface area contributed by atoms with Crippen LogP contribution in [0.1, 0.15) is 30.1 Å². The first kappa shape index (κ1) is 14.7. The molecule has 0 saturated heterocycles. The first-order valence-electron chi connectivity index (χ1n) is 7.01. The Hall–Kier alpha value is -1.69. The van der Waals surface area contributed by atoms with E-state index in [2.05, 4.69) is 27.4 Å². The number of nitrogens with one attached hydrogen (secondary N) is 2. The summed E-state index contributed by atoms with van der Waals surface area (Å²) < 4.78 is 13.9. The maximum atomic E-state index is 13.9. The highest BCUT2D eigenvalue weighted by atomic mass is 19.1. The molecule has 20 heavy (non-hydrogen) atoms. The molecule has 2 rings (SSSR count). The number of pyridine rings is 1. The largest absolute Gasteiger partial charge is 0.371 e. The summed E-state index contributed by atoms with van der Waals surface area (Å²) in [6.45, 7) is 4.42. The van der Waals surface area contributed by atoms with E-state index in [0.717, 1.165) is 13.1 Å². The zero-order valence-corrected chi connectivity index (χ0v) is 11.9. The smallest absolute Gasteiger partial charge is 0.254 e. The van der Waals surface area contributed by atoms with Crippen molar-refractivity contribution in [3.8, 4) is 0 Å². The quantitative estimate of drug-likeness (QED) is 0.794. The fourth-order valence-corrected chi connectivity index (χ4v) is 2.24. The Kier molecular flexibility index (Phi) is 4.89. The number of amides is 1. The second-order valence-electron chi connectivity index (χ2n) is 4.89. The molecule has 1 aromatic heterocycles. The molecule has 1 aliphatic carbocycles. The number of carbonyl (C=O) groups is 1. The van der Waals surface area contributed by atoms with Gasteiger partial charge in [0.15, 0.2) is 11.6 Å². The molecule has 1 aromatic rings. The maximum Gasteiger partial charge on any atom is 0.254 e. The molecule has 0 atom stereocenters. The van der Waals surface area contributed by atoms with E-state index in [1.54, 1.807) is 7.05 Å². The predicted molar refractivity (Wildman–Crippen MR) is 76.3 cm³/mol. The summed E-state index contributed by atoms with van der Waals surface area (Å²) in [5.41, 5.74) is 0.0267. The molecule has 0 bridgehead atoms. The zero-order valence-electron chi connectivity index (χ0n) is 11.9. The molecule has 1 heterocycles. The van der Waals surface area contributed by atoms with Gasteiger partial charge >= 0.3 is 0 Å². The van der Waals surface area contributed by atoms with E-state index in [0.29, 0.717) is 12.6 Å². The lowest BCUT2D eigenvalue weighted by Gasteiger charge is -2.19. The first-order valence-corrected chi connectivity index (χ1v) is 7.01. The van der Waals surface area contributed by atoms with E-state index in [4.69, 9.17) is 0 Å². The minimum atomic E-state index is -0.609. The number of aromatic nitrogens is 1. The summed E-state index contributed by atoms with van der Waals surface area (Å²) in [6.07, 6.45) is 3.91. The molecule has 0 aliphatic heterocycles. The molecule has 1 saturated carbocycles. The van der Waals surface area contributed by atoms with Crippen LogP contribution in [-0.4, -0.2) is 48.5 Å². The van der Waals surface area contributed by atoms with Gasteiger partial charge in [0.05, 0.1) is 5.56 Å². The van der Waals surface area contributed by atoms with E-state index in [-0.39, 0.29) is 11.4 Å². The highest BCUT2D eigenvalue weighted by Gasteiger charge is 2.27. The molecule has 1 fully saturated rings. The summed E-state index contributed by atoms with van der Waals surface area (Å²) in [5, 5.41) is 5.39. The monoisotopic (exact) mass is 280 g/mol. The number of carbonyl (C=O) groups excluding carboxylic acids is 1. The van der Waals surface area contributed by atoms with Crippen LogP contribution in [0.15, 0.2) is 12.3 Å². The summed E-state index contributed by atoms with van der Waals surface area (Å²) in [6, 6.07) is 2.06. The Morgan fingerprint density at radius 3 is 2.90 bits per heavy atom. The Morgan fingerprint density at radius 1 is 1.55 bits per heavy atom. The van der Waals surface area contributed by atoms with Gasteiger partial charge in [-0.05, 0) is 25.5 Å². The van der Waals surface area contributed by atoms with Gasteiger partial charge in [0, 0.05) is 32.4 Å². The molecule has 0 aromatic carbocycles. The second-order valence-corrected chi connectivity index (χ2v) is 4.89. The van der Waals surface area contributed by atoms with Crippen molar-refractivity contribution in [3.63, 3.8) is 0 Å². The molecular formula is C14H21FN4O. The van der Waals surface area contributed by atoms with Crippen LogP contribution in [-0.2, 0) is 0 Å². The van der Waals surface area contributed by atoms with Gasteiger partial charge in [-0.1, -0.05) is 6.92 Å². The number of rotatable bonds is 7. The topological polar surface area (TPSA) is 57.3 Å². The molecule has 5 nitrogen and oxygen atoms in total. The van der Waals surface area contributed by atoms with Gasteiger partial charge in [-0.25, -0.2) is 9.37 Å². The van der Waals surface area contributed by atoms with Gasteiger partial charge < -0.3 is 10.6 Å². The normalized spacial score (nSPS) is 14.4. The van der Waals surface area contributed by atoms with E-state index in [1.165, 1.54) is 25.1 Å². The Morgan fingerprint density at radius 2 is 2.30 bits per heavy atom. The Bertz CT molecular complexity index is 476. The van der Waals surface area contributed by atoms with Crippen molar-refractivity contribution >= 4 is 11.7 Å². The van der Waals surface area contributed by atoms with E-state index >= 15 is 0 Å². The average molecular weight is 280 g/mol. The SMILES string of the molecule is CCN(CCNC(=O)c1ccnc(NC)c1F)C1CC1. The van der Waals surface area contributed by atoms with Crippen LogP contribution in [0.2, 0.25) is 0 Å². The van der Waals surface area contributed by atoms with Crippen LogP contribution in [0.4, 0.5) is 10.2 Å². The Labute approximate surface area is 118 Å². The number of anilines is 1. The van der Waals surface area contributed by atoms with Gasteiger partial charge in [-0.3, -0.25) is 9.69 Å². The van der Waals surface area contributed by atoms with Crippen molar-refractivity contribution in [3.05, 3.63) is 23.6 Å². The molecule has 0 unspecified atom stereocenters. The molecule has 0 spiro atoms. The van der Waals surface area contributed by atoms with Crippen LogP contribution in [0.25, 0.3) is 0 Å². The summed E-state index contributed by atoms with van der Waals surface area (Å²) >= 11 is 0. The van der Waals surface area contributed by atoms with Gasteiger partial charge in [0.2, 0.25) is 0 Å². The van der Waals surface area contributed by atoms with Gasteiger partial charge in [0.1, 0.15) is 0 Å². The molecule has 0 radical (unpaired) electrons. The lowest BCUT2D eigenvalue weighted by molar-refractivity contribution is 0.0944. The van der Waals surface area contributed by atoms with Crippen molar-refractivity contribution in [2.75, 3.05) is 32.0 Å². The van der Waals surface area contributed by atoms with Crippen molar-refractivity contribution in [1.82, 2.24) is 15.2 Å². The van der Waals surface area contributed by atoms with Crippen molar-refractivity contribution in [2.45, 2.75) is 25.8 Å². The van der Waals surface area contributed by atoms with Gasteiger partial charge in [0.25, 0.3) is 5.91 Å². The van der Waals surface area contributed by atoms with Crippen LogP contribution in [0.5, 0.6) is 0 Å².